The van der Waals surface area contributed by atoms with E-state index in [4.69, 9.17) is 0 Å². The second-order valence-corrected chi connectivity index (χ2v) is 6.00. The molecule has 156 valence electrons. The van der Waals surface area contributed by atoms with Crippen LogP contribution in [-0.4, -0.2) is 44.1 Å². The number of hydrogen-bond acceptors (Lipinski definition) is 6. The van der Waals surface area contributed by atoms with Crippen molar-refractivity contribution in [3.05, 3.63) is 45.5 Å². The number of fused-ring (bicyclic) bond motifs is 2. The van der Waals surface area contributed by atoms with Gasteiger partial charge in [-0.1, -0.05) is 0 Å². The number of nitrogens with one attached hydrogen (secondary N) is 4. The van der Waals surface area contributed by atoms with Crippen LogP contribution in [0.1, 0.15) is 5.82 Å². The van der Waals surface area contributed by atoms with Crippen LogP contribution in [0.5, 0.6) is 0 Å². The number of aromatic nitrogens is 8. The fourth-order valence-corrected chi connectivity index (χ4v) is 1.75. The Kier molecular flexibility index (Phi) is 6.59. The maximum atomic E-state index is 12.1. The fraction of sp³-hybridized carbons (Fsp3) is 0.167. The Hall–Kier alpha value is -2.99. The zero-order valence-corrected chi connectivity index (χ0v) is 15.6. The molecule has 0 atom stereocenters. The average Bonchev–Trinajstić information content (AvgIpc) is 3.21. The van der Waals surface area contributed by atoms with Crippen LogP contribution in [0.4, 0.5) is 26.3 Å². The van der Waals surface area contributed by atoms with E-state index in [1.165, 1.54) is 12.7 Å². The van der Waals surface area contributed by atoms with Gasteiger partial charge < -0.3 is 19.9 Å². The molecule has 10 nitrogen and oxygen atoms in total. The normalized spacial score (nSPS) is 11.6. The highest BCUT2D eigenvalue weighted by molar-refractivity contribution is 14.1. The van der Waals surface area contributed by atoms with Crippen molar-refractivity contribution in [2.75, 3.05) is 0 Å². The van der Waals surface area contributed by atoms with Crippen LogP contribution in [0.2, 0.25) is 0 Å². The van der Waals surface area contributed by atoms with Crippen LogP contribution in [0.15, 0.2) is 28.6 Å². The van der Waals surface area contributed by atoms with Crippen LogP contribution in [0, 0.1) is 0 Å². The summed E-state index contributed by atoms with van der Waals surface area (Å²) in [6.07, 6.45) is -0.850. The molecular formula is C12H7F6IN8O2. The molecule has 0 saturated carbocycles. The van der Waals surface area contributed by atoms with E-state index >= 15 is 0 Å². The standard InChI is InChI=1S/C6H3F3N4O.C5H4N4O.CF3I/c7-6(8,9)5-12-2-3(13-5)10-1-11-4(2)14;10-5-3-4(7-1-6-3)8-2-9-5;2-1(3,4)5/h1H,(H2,10,11,12,13,14);1-2H,(H2,6,7,8,9,10);. The Morgan fingerprint density at radius 3 is 1.66 bits per heavy atom. The van der Waals surface area contributed by atoms with E-state index < -0.39 is 21.7 Å². The van der Waals surface area contributed by atoms with E-state index in [9.17, 15) is 35.9 Å². The van der Waals surface area contributed by atoms with Gasteiger partial charge in [-0.05, 0) is 0 Å². The van der Waals surface area contributed by atoms with Gasteiger partial charge in [0.2, 0.25) is 5.82 Å². The van der Waals surface area contributed by atoms with Crippen molar-refractivity contribution >= 4 is 44.9 Å². The molecule has 0 fully saturated rings. The van der Waals surface area contributed by atoms with Gasteiger partial charge in [-0.3, -0.25) is 9.59 Å². The lowest BCUT2D eigenvalue weighted by Crippen LogP contribution is -2.08. The predicted molar refractivity (Wildman–Crippen MR) is 94.1 cm³/mol. The summed E-state index contributed by atoms with van der Waals surface area (Å²) in [5, 5.41) is 0. The summed E-state index contributed by atoms with van der Waals surface area (Å²) in [6.45, 7) is 0. The molecule has 0 aliphatic heterocycles. The Labute approximate surface area is 167 Å². The summed E-state index contributed by atoms with van der Waals surface area (Å²) in [5.41, 5.74) is -0.535. The molecule has 0 saturated heterocycles. The minimum Gasteiger partial charge on any atom is -0.339 e. The monoisotopic (exact) mass is 536 g/mol. The lowest BCUT2D eigenvalue weighted by Gasteiger charge is -1.98. The molecule has 4 aromatic heterocycles. The second kappa shape index (κ2) is 8.57. The zero-order chi connectivity index (χ0) is 21.8. The Morgan fingerprint density at radius 2 is 1.21 bits per heavy atom. The van der Waals surface area contributed by atoms with Crippen molar-refractivity contribution < 1.29 is 26.3 Å². The van der Waals surface area contributed by atoms with Crippen molar-refractivity contribution in [3.63, 3.8) is 0 Å². The van der Waals surface area contributed by atoms with Crippen molar-refractivity contribution in [2.24, 2.45) is 0 Å². The van der Waals surface area contributed by atoms with E-state index in [-0.39, 0.29) is 16.7 Å². The van der Waals surface area contributed by atoms with Gasteiger partial charge in [0.15, 0.2) is 22.3 Å². The predicted octanol–water partition coefficient (Wildman–Crippen LogP) is 2.25. The smallest absolute Gasteiger partial charge is 0.339 e. The summed E-state index contributed by atoms with van der Waals surface area (Å²) < 4.78 is 63.4. The molecule has 0 aliphatic carbocycles. The Balaban J connectivity index is 0.000000175. The van der Waals surface area contributed by atoms with Gasteiger partial charge in [0, 0.05) is 22.6 Å². The summed E-state index contributed by atoms with van der Waals surface area (Å²) in [6, 6.07) is 0. The molecule has 4 N–H and O–H groups in total. The maximum absolute atomic E-state index is 12.1. The van der Waals surface area contributed by atoms with Crippen molar-refractivity contribution in [1.82, 2.24) is 39.9 Å². The van der Waals surface area contributed by atoms with Gasteiger partial charge >= 0.3 is 10.4 Å². The van der Waals surface area contributed by atoms with E-state index in [0.717, 1.165) is 6.33 Å². The third-order valence-corrected chi connectivity index (χ3v) is 2.79. The first kappa shape index (κ1) is 22.3. The molecule has 0 radical (unpaired) electrons. The van der Waals surface area contributed by atoms with Crippen LogP contribution in [-0.2, 0) is 6.18 Å². The topological polar surface area (TPSA) is 149 Å². The quantitative estimate of drug-likeness (QED) is 0.154. The van der Waals surface area contributed by atoms with E-state index in [1.54, 1.807) is 0 Å². The summed E-state index contributed by atoms with van der Waals surface area (Å²) in [7, 11) is 0. The second-order valence-electron chi connectivity index (χ2n) is 4.77. The maximum Gasteiger partial charge on any atom is 0.449 e. The fourth-order valence-electron chi connectivity index (χ4n) is 1.75. The molecule has 0 spiro atoms. The van der Waals surface area contributed by atoms with Crippen LogP contribution in [0.25, 0.3) is 22.3 Å². The molecule has 17 heteroatoms. The van der Waals surface area contributed by atoms with Gasteiger partial charge in [0.1, 0.15) is 0 Å². The van der Waals surface area contributed by atoms with Gasteiger partial charge in [-0.15, -0.1) is 0 Å². The molecule has 0 bridgehead atoms. The van der Waals surface area contributed by atoms with E-state index in [1.807, 2.05) is 4.98 Å². The molecule has 0 unspecified atom stereocenters. The highest BCUT2D eigenvalue weighted by Gasteiger charge is 2.35. The SMILES string of the molecule is FC(F)(F)I.O=c1[nH]cnc2nc(C(F)(F)F)[nH]c12.O=c1[nH]cnc2nc[nH]c12. The lowest BCUT2D eigenvalue weighted by atomic mass is 10.5. The third-order valence-electron chi connectivity index (χ3n) is 2.79. The summed E-state index contributed by atoms with van der Waals surface area (Å²) in [4.78, 5) is 45.2. The largest absolute Gasteiger partial charge is 0.449 e. The van der Waals surface area contributed by atoms with E-state index in [2.05, 4.69) is 34.9 Å². The molecule has 0 aliphatic rings. The number of imidazole rings is 2. The number of alkyl halides is 7. The van der Waals surface area contributed by atoms with Crippen molar-refractivity contribution in [1.29, 1.82) is 0 Å². The van der Waals surface area contributed by atoms with Crippen molar-refractivity contribution in [3.8, 4) is 0 Å². The summed E-state index contributed by atoms with van der Waals surface area (Å²) in [5.74, 6) is -1.23. The van der Waals surface area contributed by atoms with Gasteiger partial charge in [-0.2, -0.15) is 26.3 Å². The Bertz CT molecular complexity index is 1200. The first-order chi connectivity index (χ1) is 13.4. The highest BCUT2D eigenvalue weighted by Crippen LogP contribution is 2.27. The van der Waals surface area contributed by atoms with Gasteiger partial charge in [-0.25, -0.2) is 19.9 Å². The number of aromatic amines is 4. The van der Waals surface area contributed by atoms with Crippen LogP contribution >= 0.6 is 22.6 Å². The molecular weight excluding hydrogens is 529 g/mol. The zero-order valence-electron chi connectivity index (χ0n) is 13.5. The number of hydrogen-bond donors (Lipinski definition) is 4. The number of nitrogens with zero attached hydrogens (tertiary/aromatic N) is 4. The molecule has 4 rings (SSSR count). The molecule has 4 aromatic rings. The van der Waals surface area contributed by atoms with Crippen LogP contribution < -0.4 is 11.1 Å². The minimum atomic E-state index is -4.60. The Morgan fingerprint density at radius 1 is 0.759 bits per heavy atom. The third kappa shape index (κ3) is 6.54. The first-order valence-electron chi connectivity index (χ1n) is 6.99. The number of halogens is 7. The van der Waals surface area contributed by atoms with Crippen LogP contribution in [0.3, 0.4) is 0 Å². The van der Waals surface area contributed by atoms with Crippen molar-refractivity contribution in [2.45, 2.75) is 10.4 Å². The number of rotatable bonds is 0. The summed E-state index contributed by atoms with van der Waals surface area (Å²) >= 11 is 0.378. The molecule has 29 heavy (non-hydrogen) atoms. The molecule has 4 heterocycles. The molecule has 0 aromatic carbocycles. The van der Waals surface area contributed by atoms with Gasteiger partial charge in [0.05, 0.1) is 19.0 Å². The first-order valence-corrected chi connectivity index (χ1v) is 8.07. The molecule has 0 amide bonds. The number of H-pyrrole nitrogens is 4. The van der Waals surface area contributed by atoms with E-state index in [0.29, 0.717) is 33.8 Å². The average molecular weight is 536 g/mol. The van der Waals surface area contributed by atoms with Gasteiger partial charge in [0.25, 0.3) is 11.1 Å². The minimum absolute atomic E-state index is 0.192. The highest BCUT2D eigenvalue weighted by atomic mass is 127. The lowest BCUT2D eigenvalue weighted by molar-refractivity contribution is -0.144.